The Kier molecular flexibility index (Phi) is 8.11. The predicted molar refractivity (Wildman–Crippen MR) is 135 cm³/mol. The summed E-state index contributed by atoms with van der Waals surface area (Å²) in [6.07, 6.45) is -6.44. The molecule has 2 aliphatic rings. The predicted octanol–water partition coefficient (Wildman–Crippen LogP) is 5.24. The molecule has 4 rings (SSSR count). The van der Waals surface area contributed by atoms with E-state index in [9.17, 15) is 41.0 Å². The maximum absolute atomic E-state index is 14.3. The third kappa shape index (κ3) is 6.35. The van der Waals surface area contributed by atoms with Gasteiger partial charge in [0.05, 0.1) is 16.0 Å². The summed E-state index contributed by atoms with van der Waals surface area (Å²) >= 11 is 0.547. The Morgan fingerprint density at radius 1 is 1.12 bits per heavy atom. The third-order valence-electron chi connectivity index (χ3n) is 6.97. The Hall–Kier alpha value is -2.94. The first-order valence-corrected chi connectivity index (χ1v) is 13.6. The standard InChI is InChI=1S/C25H29F6N5O3S/c1-4-16(25(29,30)31)34-17-9-15(24(26,27)28)14(10-32-17)19-18(22(38)36-12-5-6-13(36)8-7-12)35-21(40-19)20(37)33-11-23(2,3)39/h9-10,12-13,16,39H,4-8,11H2,1-3H3,(H,32,34)(H,33,37)/t12?,13?,16-/m0/s1. The third-order valence-corrected chi connectivity index (χ3v) is 8.06. The Balaban J connectivity index is 1.79. The van der Waals surface area contributed by atoms with Crippen LogP contribution in [0.4, 0.5) is 32.2 Å². The Morgan fingerprint density at radius 3 is 2.23 bits per heavy atom. The molecule has 220 valence electrons. The average molecular weight is 594 g/mol. The van der Waals surface area contributed by atoms with Gasteiger partial charge in [-0.3, -0.25) is 9.59 Å². The van der Waals surface area contributed by atoms with Gasteiger partial charge in [0.25, 0.3) is 11.8 Å². The second kappa shape index (κ2) is 10.8. The molecule has 40 heavy (non-hydrogen) atoms. The Bertz CT molecular complexity index is 1250. The number of alkyl halides is 6. The van der Waals surface area contributed by atoms with E-state index in [1.165, 1.54) is 20.8 Å². The number of anilines is 1. The lowest BCUT2D eigenvalue weighted by molar-refractivity contribution is -0.142. The molecule has 3 N–H and O–H groups in total. The van der Waals surface area contributed by atoms with Crippen molar-refractivity contribution in [3.8, 4) is 10.4 Å². The Morgan fingerprint density at radius 2 is 1.73 bits per heavy atom. The highest BCUT2D eigenvalue weighted by Crippen LogP contribution is 2.44. The number of thiazole rings is 1. The highest BCUT2D eigenvalue weighted by Gasteiger charge is 2.45. The van der Waals surface area contributed by atoms with Crippen molar-refractivity contribution in [2.45, 2.75) is 89.0 Å². The molecular weight excluding hydrogens is 564 g/mol. The van der Waals surface area contributed by atoms with Crippen molar-refractivity contribution in [1.82, 2.24) is 20.2 Å². The molecular formula is C25H29F6N5O3S. The number of fused-ring (bicyclic) bond motifs is 2. The van der Waals surface area contributed by atoms with Gasteiger partial charge in [-0.05, 0) is 52.0 Å². The number of rotatable bonds is 8. The first-order chi connectivity index (χ1) is 18.5. The number of amides is 2. The minimum Gasteiger partial charge on any atom is -0.389 e. The van der Waals surface area contributed by atoms with E-state index in [1.807, 2.05) is 5.32 Å². The molecule has 1 atom stereocenters. The lowest BCUT2D eigenvalue weighted by Gasteiger charge is -2.23. The molecule has 2 saturated heterocycles. The lowest BCUT2D eigenvalue weighted by Crippen LogP contribution is -2.38. The minimum atomic E-state index is -5.03. The van der Waals surface area contributed by atoms with Gasteiger partial charge in [-0.25, -0.2) is 9.97 Å². The van der Waals surface area contributed by atoms with Crippen molar-refractivity contribution >= 4 is 29.0 Å². The molecule has 2 aromatic rings. The summed E-state index contributed by atoms with van der Waals surface area (Å²) in [5.74, 6) is -2.05. The highest BCUT2D eigenvalue weighted by molar-refractivity contribution is 7.17. The van der Waals surface area contributed by atoms with E-state index >= 15 is 0 Å². The molecule has 2 bridgehead atoms. The van der Waals surface area contributed by atoms with E-state index in [2.05, 4.69) is 15.3 Å². The van der Waals surface area contributed by atoms with Crippen molar-refractivity contribution in [2.24, 2.45) is 0 Å². The smallest absolute Gasteiger partial charge is 0.389 e. The number of hydrogen-bond acceptors (Lipinski definition) is 7. The van der Waals surface area contributed by atoms with Gasteiger partial charge in [0, 0.05) is 30.4 Å². The van der Waals surface area contributed by atoms with Crippen LogP contribution in [0.1, 0.15) is 78.7 Å². The molecule has 0 aromatic carbocycles. The van der Waals surface area contributed by atoms with Crippen LogP contribution in [0, 0.1) is 0 Å². The molecule has 2 fully saturated rings. The van der Waals surface area contributed by atoms with Gasteiger partial charge in [-0.1, -0.05) is 6.92 Å². The van der Waals surface area contributed by atoms with Crippen LogP contribution in [0.3, 0.4) is 0 Å². The van der Waals surface area contributed by atoms with Gasteiger partial charge < -0.3 is 20.6 Å². The fourth-order valence-electron chi connectivity index (χ4n) is 5.03. The van der Waals surface area contributed by atoms with Crippen LogP contribution in [-0.4, -0.2) is 68.2 Å². The summed E-state index contributed by atoms with van der Waals surface area (Å²) in [5, 5.41) is 14.1. The van der Waals surface area contributed by atoms with E-state index in [0.717, 1.165) is 31.9 Å². The monoisotopic (exact) mass is 593 g/mol. The van der Waals surface area contributed by atoms with Crippen molar-refractivity contribution < 1.29 is 41.0 Å². The summed E-state index contributed by atoms with van der Waals surface area (Å²) in [7, 11) is 0. The van der Waals surface area contributed by atoms with Crippen molar-refractivity contribution in [1.29, 1.82) is 0 Å². The van der Waals surface area contributed by atoms with Crippen LogP contribution in [0.5, 0.6) is 0 Å². The zero-order valence-electron chi connectivity index (χ0n) is 21.9. The van der Waals surface area contributed by atoms with Gasteiger partial charge in [0.2, 0.25) is 0 Å². The van der Waals surface area contributed by atoms with Crippen LogP contribution < -0.4 is 10.6 Å². The number of carbonyl (C=O) groups excluding carboxylic acids is 2. The largest absolute Gasteiger partial charge is 0.417 e. The zero-order chi connectivity index (χ0) is 29.6. The number of pyridine rings is 1. The van der Waals surface area contributed by atoms with Gasteiger partial charge in [0.1, 0.15) is 17.6 Å². The van der Waals surface area contributed by atoms with Gasteiger partial charge in [0.15, 0.2) is 5.01 Å². The van der Waals surface area contributed by atoms with Crippen LogP contribution in [0.25, 0.3) is 10.4 Å². The lowest BCUT2D eigenvalue weighted by atomic mass is 10.0. The minimum absolute atomic E-state index is 0.0837. The topological polar surface area (TPSA) is 107 Å². The zero-order valence-corrected chi connectivity index (χ0v) is 22.7. The molecule has 0 spiro atoms. The molecule has 2 aromatic heterocycles. The number of aromatic nitrogens is 2. The number of aliphatic hydroxyl groups is 1. The van der Waals surface area contributed by atoms with Gasteiger partial charge in [-0.2, -0.15) is 26.3 Å². The first kappa shape index (κ1) is 30.0. The van der Waals surface area contributed by atoms with Crippen LogP contribution in [0.15, 0.2) is 12.3 Å². The summed E-state index contributed by atoms with van der Waals surface area (Å²) in [5.41, 5.74) is -3.54. The second-order valence-corrected chi connectivity index (χ2v) is 11.6. The first-order valence-electron chi connectivity index (χ1n) is 12.7. The molecule has 0 saturated carbocycles. The maximum Gasteiger partial charge on any atom is 0.417 e. The average Bonchev–Trinajstić information content (AvgIpc) is 3.58. The summed E-state index contributed by atoms with van der Waals surface area (Å²) in [4.78, 5) is 35.7. The quantitative estimate of drug-likeness (QED) is 0.362. The molecule has 8 nitrogen and oxygen atoms in total. The summed E-state index contributed by atoms with van der Waals surface area (Å²) in [6, 6.07) is -1.82. The normalized spacial score (nSPS) is 20.1. The van der Waals surface area contributed by atoms with Crippen LogP contribution >= 0.6 is 11.3 Å². The second-order valence-electron chi connectivity index (χ2n) is 10.6. The van der Waals surface area contributed by atoms with Crippen LogP contribution in [0.2, 0.25) is 0 Å². The molecule has 0 unspecified atom stereocenters. The van der Waals surface area contributed by atoms with E-state index in [1.54, 1.807) is 4.90 Å². The molecule has 2 amide bonds. The molecule has 4 heterocycles. The fraction of sp³-hybridized carbons (Fsp3) is 0.600. The SMILES string of the molecule is CC[C@H](Nc1cc(C(F)(F)F)c(-c2sc(C(=O)NCC(C)(C)O)nc2C(=O)N2C3CCC2CC3)cn1)C(F)(F)F. The van der Waals surface area contributed by atoms with Crippen molar-refractivity contribution in [2.75, 3.05) is 11.9 Å². The van der Waals surface area contributed by atoms with Crippen LogP contribution in [-0.2, 0) is 6.18 Å². The number of nitrogens with zero attached hydrogens (tertiary/aromatic N) is 3. The van der Waals surface area contributed by atoms with E-state index < -0.39 is 59.2 Å². The van der Waals surface area contributed by atoms with Gasteiger partial charge in [-0.15, -0.1) is 11.3 Å². The molecule has 2 aliphatic heterocycles. The van der Waals surface area contributed by atoms with E-state index in [0.29, 0.717) is 17.4 Å². The maximum atomic E-state index is 14.3. The molecule has 15 heteroatoms. The number of carbonyl (C=O) groups is 2. The van der Waals surface area contributed by atoms with Crippen molar-refractivity contribution in [3.05, 3.63) is 28.5 Å². The van der Waals surface area contributed by atoms with E-state index in [4.69, 9.17) is 0 Å². The Labute approximate surface area is 230 Å². The van der Waals surface area contributed by atoms with Crippen molar-refractivity contribution in [3.63, 3.8) is 0 Å². The highest BCUT2D eigenvalue weighted by atomic mass is 32.1. The number of hydrogen-bond donors (Lipinski definition) is 3. The fourth-order valence-corrected chi connectivity index (χ4v) is 6.02. The van der Waals surface area contributed by atoms with Gasteiger partial charge >= 0.3 is 12.4 Å². The molecule has 0 aliphatic carbocycles. The summed E-state index contributed by atoms with van der Waals surface area (Å²) in [6.45, 7) is 3.93. The summed E-state index contributed by atoms with van der Waals surface area (Å²) < 4.78 is 82.5. The number of nitrogens with one attached hydrogen (secondary N) is 2. The number of halogens is 6. The molecule has 0 radical (unpaired) electrons. The van der Waals surface area contributed by atoms with E-state index in [-0.39, 0.29) is 34.2 Å².